The molecule has 0 spiro atoms. The number of hydrogen-bond donors (Lipinski definition) is 1. The van der Waals surface area contributed by atoms with Crippen molar-refractivity contribution in [2.24, 2.45) is 5.92 Å². The fourth-order valence-corrected chi connectivity index (χ4v) is 4.65. The third-order valence-corrected chi connectivity index (χ3v) is 6.65. The summed E-state index contributed by atoms with van der Waals surface area (Å²) in [6.45, 7) is 1.91. The van der Waals surface area contributed by atoms with Crippen LogP contribution in [0, 0.1) is 5.92 Å². The van der Waals surface area contributed by atoms with E-state index in [1.54, 1.807) is 7.05 Å². The Bertz CT molecular complexity index is 1170. The number of carbonyl (C=O) groups excluding carboxylic acids is 2. The van der Waals surface area contributed by atoms with Crippen LogP contribution in [0.5, 0.6) is 5.75 Å². The first-order chi connectivity index (χ1) is 16.6. The van der Waals surface area contributed by atoms with Crippen LogP contribution in [0.3, 0.4) is 0 Å². The molecule has 0 bridgehead atoms. The highest BCUT2D eigenvalue weighted by molar-refractivity contribution is 5.94. The van der Waals surface area contributed by atoms with Gasteiger partial charge in [0.25, 0.3) is 11.8 Å². The summed E-state index contributed by atoms with van der Waals surface area (Å²) >= 11 is 0. The van der Waals surface area contributed by atoms with Gasteiger partial charge in [-0.3, -0.25) is 9.59 Å². The second-order valence-electron chi connectivity index (χ2n) is 8.77. The van der Waals surface area contributed by atoms with E-state index in [4.69, 9.17) is 9.47 Å². The molecule has 3 aromatic rings. The lowest BCUT2D eigenvalue weighted by atomic mass is 9.94. The zero-order chi connectivity index (χ0) is 23.5. The first kappa shape index (κ1) is 22.2. The number of likely N-dealkylation sites (tertiary alicyclic amines) is 1. The van der Waals surface area contributed by atoms with E-state index in [0.717, 1.165) is 40.8 Å². The topological polar surface area (TPSA) is 67.9 Å². The van der Waals surface area contributed by atoms with Crippen LogP contribution in [0.2, 0.25) is 0 Å². The number of nitrogens with zero attached hydrogens (tertiary/aromatic N) is 1. The first-order valence-electron chi connectivity index (χ1n) is 11.7. The van der Waals surface area contributed by atoms with Gasteiger partial charge in [-0.05, 0) is 60.4 Å². The molecule has 1 fully saturated rings. The molecule has 1 N–H and O–H groups in total. The second kappa shape index (κ2) is 9.69. The maximum Gasteiger partial charge on any atom is 0.253 e. The minimum atomic E-state index is -0.292. The maximum atomic E-state index is 12.7. The average molecular weight is 457 g/mol. The molecule has 1 atom stereocenters. The van der Waals surface area contributed by atoms with E-state index < -0.39 is 0 Å². The van der Waals surface area contributed by atoms with Crippen molar-refractivity contribution in [2.45, 2.75) is 25.7 Å². The molecule has 0 aliphatic carbocycles. The SMILES string of the molecule is CNC(=O)c1ccc(-c2ccc3c(c2)COC(C2CCN(C(=O)c4ccccc4)CC2)O3)cc1. The summed E-state index contributed by atoms with van der Waals surface area (Å²) in [7, 11) is 1.63. The van der Waals surface area contributed by atoms with Gasteiger partial charge < -0.3 is 19.7 Å². The Kier molecular flexibility index (Phi) is 6.32. The zero-order valence-corrected chi connectivity index (χ0v) is 19.2. The molecule has 34 heavy (non-hydrogen) atoms. The fraction of sp³-hybridized carbons (Fsp3) is 0.286. The van der Waals surface area contributed by atoms with Gasteiger partial charge in [0.1, 0.15) is 5.75 Å². The van der Waals surface area contributed by atoms with E-state index in [2.05, 4.69) is 11.4 Å². The van der Waals surface area contributed by atoms with Crippen LogP contribution in [-0.4, -0.2) is 43.1 Å². The molecule has 2 aliphatic heterocycles. The molecule has 5 rings (SSSR count). The van der Waals surface area contributed by atoms with Gasteiger partial charge in [-0.15, -0.1) is 0 Å². The van der Waals surface area contributed by atoms with Crippen molar-refractivity contribution in [3.05, 3.63) is 89.5 Å². The number of hydrogen-bond acceptors (Lipinski definition) is 4. The van der Waals surface area contributed by atoms with E-state index in [0.29, 0.717) is 25.3 Å². The lowest BCUT2D eigenvalue weighted by Crippen LogP contribution is -2.44. The monoisotopic (exact) mass is 456 g/mol. The lowest BCUT2D eigenvalue weighted by molar-refractivity contribution is -0.148. The van der Waals surface area contributed by atoms with Crippen molar-refractivity contribution < 1.29 is 19.1 Å². The van der Waals surface area contributed by atoms with E-state index in [-0.39, 0.29) is 24.0 Å². The van der Waals surface area contributed by atoms with Gasteiger partial charge in [-0.1, -0.05) is 36.4 Å². The number of fused-ring (bicyclic) bond motifs is 1. The molecule has 0 aromatic heterocycles. The summed E-state index contributed by atoms with van der Waals surface area (Å²) < 4.78 is 12.3. The predicted molar refractivity (Wildman–Crippen MR) is 130 cm³/mol. The third kappa shape index (κ3) is 4.54. The number of amides is 2. The van der Waals surface area contributed by atoms with Crippen molar-refractivity contribution in [1.82, 2.24) is 10.2 Å². The quantitative estimate of drug-likeness (QED) is 0.628. The van der Waals surface area contributed by atoms with Crippen molar-refractivity contribution in [1.29, 1.82) is 0 Å². The molecule has 2 aliphatic rings. The van der Waals surface area contributed by atoms with Gasteiger partial charge in [0.2, 0.25) is 6.29 Å². The van der Waals surface area contributed by atoms with Crippen LogP contribution in [0.4, 0.5) is 0 Å². The van der Waals surface area contributed by atoms with Crippen LogP contribution in [0.25, 0.3) is 11.1 Å². The number of ether oxygens (including phenoxy) is 2. The van der Waals surface area contributed by atoms with E-state index in [1.807, 2.05) is 71.6 Å². The largest absolute Gasteiger partial charge is 0.464 e. The molecule has 2 amide bonds. The molecule has 6 heteroatoms. The van der Waals surface area contributed by atoms with Crippen LogP contribution in [-0.2, 0) is 11.3 Å². The Morgan fingerprint density at radius 3 is 2.29 bits per heavy atom. The molecule has 1 unspecified atom stereocenters. The highest BCUT2D eigenvalue weighted by atomic mass is 16.7. The summed E-state index contributed by atoms with van der Waals surface area (Å²) in [6.07, 6.45) is 1.42. The Balaban J connectivity index is 1.21. The van der Waals surface area contributed by atoms with E-state index in [1.165, 1.54) is 0 Å². The first-order valence-corrected chi connectivity index (χ1v) is 11.7. The number of rotatable bonds is 4. The lowest BCUT2D eigenvalue weighted by Gasteiger charge is -2.37. The normalized spacial score (nSPS) is 18.0. The number of benzene rings is 3. The minimum absolute atomic E-state index is 0.0887. The third-order valence-electron chi connectivity index (χ3n) is 6.65. The van der Waals surface area contributed by atoms with E-state index in [9.17, 15) is 9.59 Å². The summed E-state index contributed by atoms with van der Waals surface area (Å²) in [5.74, 6) is 1.10. The van der Waals surface area contributed by atoms with Crippen molar-refractivity contribution in [3.63, 3.8) is 0 Å². The van der Waals surface area contributed by atoms with Gasteiger partial charge in [-0.2, -0.15) is 0 Å². The number of nitrogens with one attached hydrogen (secondary N) is 1. The highest BCUT2D eigenvalue weighted by Crippen LogP contribution is 2.35. The number of piperidine rings is 1. The summed E-state index contributed by atoms with van der Waals surface area (Å²) in [5.41, 5.74) is 4.48. The Hall–Kier alpha value is -3.64. The van der Waals surface area contributed by atoms with Crippen molar-refractivity contribution >= 4 is 11.8 Å². The Morgan fingerprint density at radius 2 is 1.59 bits per heavy atom. The molecule has 2 heterocycles. The fourth-order valence-electron chi connectivity index (χ4n) is 4.65. The molecule has 6 nitrogen and oxygen atoms in total. The predicted octanol–water partition coefficient (Wildman–Crippen LogP) is 4.50. The van der Waals surface area contributed by atoms with Gasteiger partial charge in [-0.25, -0.2) is 0 Å². The zero-order valence-electron chi connectivity index (χ0n) is 19.2. The van der Waals surface area contributed by atoms with Crippen molar-refractivity contribution in [2.75, 3.05) is 20.1 Å². The second-order valence-corrected chi connectivity index (χ2v) is 8.77. The number of carbonyl (C=O) groups is 2. The average Bonchev–Trinajstić information content (AvgIpc) is 2.92. The molecule has 0 radical (unpaired) electrons. The minimum Gasteiger partial charge on any atom is -0.464 e. The van der Waals surface area contributed by atoms with Gasteiger partial charge in [0.05, 0.1) is 6.61 Å². The highest BCUT2D eigenvalue weighted by Gasteiger charge is 2.33. The van der Waals surface area contributed by atoms with Gasteiger partial charge in [0, 0.05) is 42.7 Å². The standard InChI is InChI=1S/C28H28N2O4/c1-29-26(31)20-9-7-19(8-10-20)23-11-12-25-24(17-23)18-33-28(34-25)22-13-15-30(16-14-22)27(32)21-5-3-2-4-6-21/h2-12,17,22,28H,13-16,18H2,1H3,(H,29,31). The van der Waals surface area contributed by atoms with Crippen LogP contribution < -0.4 is 10.1 Å². The van der Waals surface area contributed by atoms with Crippen molar-refractivity contribution in [3.8, 4) is 16.9 Å². The van der Waals surface area contributed by atoms with Crippen LogP contribution in [0.1, 0.15) is 39.1 Å². The van der Waals surface area contributed by atoms with Gasteiger partial charge >= 0.3 is 0 Å². The molecule has 1 saturated heterocycles. The van der Waals surface area contributed by atoms with Gasteiger partial charge in [0.15, 0.2) is 0 Å². The molecule has 0 saturated carbocycles. The summed E-state index contributed by atoms with van der Waals surface area (Å²) in [4.78, 5) is 26.4. The molecular weight excluding hydrogens is 428 g/mol. The summed E-state index contributed by atoms with van der Waals surface area (Å²) in [5, 5.41) is 2.64. The molecule has 3 aromatic carbocycles. The molecular formula is C28H28N2O4. The Labute approximate surface area is 199 Å². The Morgan fingerprint density at radius 1 is 0.882 bits per heavy atom. The van der Waals surface area contributed by atoms with Crippen LogP contribution >= 0.6 is 0 Å². The molecule has 174 valence electrons. The smallest absolute Gasteiger partial charge is 0.253 e. The van der Waals surface area contributed by atoms with E-state index >= 15 is 0 Å². The summed E-state index contributed by atoms with van der Waals surface area (Å²) in [6, 6.07) is 23.1. The van der Waals surface area contributed by atoms with Crippen LogP contribution in [0.15, 0.2) is 72.8 Å². The maximum absolute atomic E-state index is 12.7.